The molecule has 160 valence electrons. The van der Waals surface area contributed by atoms with E-state index in [0.717, 1.165) is 58.0 Å². The summed E-state index contributed by atoms with van der Waals surface area (Å²) in [7, 11) is 1.85. The summed E-state index contributed by atoms with van der Waals surface area (Å²) in [6.45, 7) is 11.3. The zero-order valence-corrected chi connectivity index (χ0v) is 18.4. The molecule has 2 heterocycles. The Hall–Kier alpha value is -2.05. The number of likely N-dealkylation sites (tertiary alicyclic amines) is 1. The van der Waals surface area contributed by atoms with Crippen LogP contribution in [-0.2, 0) is 11.2 Å². The zero-order valence-electron chi connectivity index (χ0n) is 18.4. The van der Waals surface area contributed by atoms with Crippen LogP contribution in [0, 0.1) is 6.92 Å². The third-order valence-electron chi connectivity index (χ3n) is 5.71. The summed E-state index contributed by atoms with van der Waals surface area (Å²) in [6, 6.07) is 6.96. The maximum Gasteiger partial charge on any atom is 0.191 e. The summed E-state index contributed by atoms with van der Waals surface area (Å²) in [5.41, 5.74) is 3.89. The highest BCUT2D eigenvalue weighted by molar-refractivity contribution is 5.86. The molecule has 2 aromatic rings. The zero-order chi connectivity index (χ0) is 20.6. The van der Waals surface area contributed by atoms with Crippen LogP contribution in [0.1, 0.15) is 37.8 Å². The van der Waals surface area contributed by atoms with Crippen molar-refractivity contribution in [1.29, 1.82) is 0 Å². The molecule has 1 aliphatic heterocycles. The Balaban J connectivity index is 1.39. The van der Waals surface area contributed by atoms with Crippen molar-refractivity contribution in [2.75, 3.05) is 39.8 Å². The van der Waals surface area contributed by atoms with E-state index >= 15 is 0 Å². The second-order valence-corrected chi connectivity index (χ2v) is 8.24. The lowest BCUT2D eigenvalue weighted by atomic mass is 10.1. The summed E-state index contributed by atoms with van der Waals surface area (Å²) in [5, 5.41) is 8.41. The van der Waals surface area contributed by atoms with E-state index in [-0.39, 0.29) is 0 Å². The first-order valence-electron chi connectivity index (χ1n) is 10.9. The molecule has 1 aromatic heterocycles. The molecule has 0 atom stereocenters. The van der Waals surface area contributed by atoms with Crippen molar-refractivity contribution in [3.63, 3.8) is 0 Å². The van der Waals surface area contributed by atoms with Gasteiger partial charge in [0, 0.05) is 56.4 Å². The largest absolute Gasteiger partial charge is 0.377 e. The molecule has 3 N–H and O–H groups in total. The van der Waals surface area contributed by atoms with E-state index in [1.165, 1.54) is 22.0 Å². The minimum atomic E-state index is 0.317. The number of hydrogen-bond acceptors (Lipinski definition) is 3. The molecular weight excluding hydrogens is 362 g/mol. The van der Waals surface area contributed by atoms with E-state index in [1.807, 2.05) is 7.05 Å². The van der Waals surface area contributed by atoms with Gasteiger partial charge in [0.1, 0.15) is 0 Å². The Kier molecular flexibility index (Phi) is 7.95. The third-order valence-corrected chi connectivity index (χ3v) is 5.71. The number of ether oxygens (including phenoxy) is 1. The maximum absolute atomic E-state index is 5.67. The number of aryl methyl sites for hydroxylation is 1. The van der Waals surface area contributed by atoms with Gasteiger partial charge in [-0.2, -0.15) is 0 Å². The van der Waals surface area contributed by atoms with E-state index in [9.17, 15) is 0 Å². The van der Waals surface area contributed by atoms with Gasteiger partial charge in [-0.25, -0.2) is 0 Å². The number of para-hydroxylation sites is 1. The first-order valence-corrected chi connectivity index (χ1v) is 10.9. The summed E-state index contributed by atoms with van der Waals surface area (Å²) < 4.78 is 5.67. The van der Waals surface area contributed by atoms with Crippen molar-refractivity contribution in [3.8, 4) is 0 Å². The predicted molar refractivity (Wildman–Crippen MR) is 122 cm³/mol. The van der Waals surface area contributed by atoms with Gasteiger partial charge in [-0.15, -0.1) is 0 Å². The number of aliphatic imine (C=N–C) groups is 1. The average molecular weight is 400 g/mol. The normalized spacial score (nSPS) is 16.7. The van der Waals surface area contributed by atoms with Gasteiger partial charge in [0.15, 0.2) is 5.96 Å². The standard InChI is InChI=1S/C23H37N5O/c1-17(2)29-15-14-28-12-9-20(10-13-28)27-23(24-4)25-11-8-19-16-26-22-18(3)6-5-7-21(19)22/h5-7,16-17,20,26H,8-15H2,1-4H3,(H2,24,25,27). The fourth-order valence-corrected chi connectivity index (χ4v) is 3.99. The summed E-state index contributed by atoms with van der Waals surface area (Å²) in [4.78, 5) is 10.3. The molecule has 0 unspecified atom stereocenters. The van der Waals surface area contributed by atoms with E-state index in [2.05, 4.69) is 70.7 Å². The maximum atomic E-state index is 5.67. The quantitative estimate of drug-likeness (QED) is 0.471. The number of fused-ring (bicyclic) bond motifs is 1. The number of benzene rings is 1. The molecule has 0 spiro atoms. The van der Waals surface area contributed by atoms with E-state index in [0.29, 0.717) is 12.1 Å². The number of nitrogens with zero attached hydrogens (tertiary/aromatic N) is 2. The second-order valence-electron chi connectivity index (χ2n) is 8.24. The average Bonchev–Trinajstić information content (AvgIpc) is 3.12. The number of hydrogen-bond donors (Lipinski definition) is 3. The van der Waals surface area contributed by atoms with E-state index in [4.69, 9.17) is 4.74 Å². The molecule has 6 heteroatoms. The van der Waals surface area contributed by atoms with Crippen molar-refractivity contribution in [2.24, 2.45) is 4.99 Å². The minimum absolute atomic E-state index is 0.317. The van der Waals surface area contributed by atoms with Crippen LogP contribution in [0.3, 0.4) is 0 Å². The molecule has 1 aromatic carbocycles. The number of aromatic amines is 1. The molecule has 0 radical (unpaired) electrons. The molecule has 3 rings (SSSR count). The van der Waals surface area contributed by atoms with Gasteiger partial charge in [-0.3, -0.25) is 4.99 Å². The molecule has 29 heavy (non-hydrogen) atoms. The van der Waals surface area contributed by atoms with Gasteiger partial charge in [0.05, 0.1) is 12.7 Å². The number of guanidine groups is 1. The molecule has 0 saturated carbocycles. The fourth-order valence-electron chi connectivity index (χ4n) is 3.99. The van der Waals surface area contributed by atoms with Crippen molar-refractivity contribution in [1.82, 2.24) is 20.5 Å². The van der Waals surface area contributed by atoms with Crippen LogP contribution in [0.4, 0.5) is 0 Å². The smallest absolute Gasteiger partial charge is 0.191 e. The van der Waals surface area contributed by atoms with Crippen LogP contribution in [0.15, 0.2) is 29.4 Å². The van der Waals surface area contributed by atoms with Gasteiger partial charge in [-0.1, -0.05) is 18.2 Å². The number of nitrogens with one attached hydrogen (secondary N) is 3. The van der Waals surface area contributed by atoms with Gasteiger partial charge in [0.25, 0.3) is 0 Å². The number of aromatic nitrogens is 1. The Morgan fingerprint density at radius 2 is 2.10 bits per heavy atom. The van der Waals surface area contributed by atoms with E-state index < -0.39 is 0 Å². The van der Waals surface area contributed by atoms with Crippen molar-refractivity contribution in [3.05, 3.63) is 35.5 Å². The van der Waals surface area contributed by atoms with Crippen LogP contribution >= 0.6 is 0 Å². The van der Waals surface area contributed by atoms with Crippen molar-refractivity contribution >= 4 is 16.9 Å². The number of rotatable bonds is 8. The van der Waals surface area contributed by atoms with Gasteiger partial charge in [-0.05, 0) is 51.2 Å². The highest BCUT2D eigenvalue weighted by Gasteiger charge is 2.19. The Bertz CT molecular complexity index is 790. The predicted octanol–water partition coefficient (Wildman–Crippen LogP) is 3.07. The van der Waals surface area contributed by atoms with Crippen molar-refractivity contribution < 1.29 is 4.74 Å². The second kappa shape index (κ2) is 10.6. The molecule has 0 aliphatic carbocycles. The molecule has 1 saturated heterocycles. The number of piperidine rings is 1. The summed E-state index contributed by atoms with van der Waals surface area (Å²) in [5.74, 6) is 0.905. The molecule has 6 nitrogen and oxygen atoms in total. The molecule has 0 bridgehead atoms. The van der Waals surface area contributed by atoms with Gasteiger partial charge in [0.2, 0.25) is 0 Å². The van der Waals surface area contributed by atoms with Crippen LogP contribution in [0.25, 0.3) is 10.9 Å². The van der Waals surface area contributed by atoms with Crippen LogP contribution in [0.2, 0.25) is 0 Å². The first-order chi connectivity index (χ1) is 14.1. The lowest BCUT2D eigenvalue weighted by Gasteiger charge is -2.33. The molecule has 1 fully saturated rings. The van der Waals surface area contributed by atoms with Gasteiger partial charge >= 0.3 is 0 Å². The van der Waals surface area contributed by atoms with Crippen molar-refractivity contribution in [2.45, 2.75) is 52.2 Å². The molecule has 1 aliphatic rings. The minimum Gasteiger partial charge on any atom is -0.377 e. The fraction of sp³-hybridized carbons (Fsp3) is 0.609. The molecular formula is C23H37N5O. The SMILES string of the molecule is CN=C(NCCc1c[nH]c2c(C)cccc12)NC1CCN(CCOC(C)C)CC1. The Morgan fingerprint density at radius 3 is 2.83 bits per heavy atom. The number of H-pyrrole nitrogens is 1. The molecule has 0 amide bonds. The third kappa shape index (κ3) is 6.21. The summed E-state index contributed by atoms with van der Waals surface area (Å²) >= 11 is 0. The summed E-state index contributed by atoms with van der Waals surface area (Å²) in [6.07, 6.45) is 5.71. The van der Waals surface area contributed by atoms with E-state index in [1.54, 1.807) is 0 Å². The lowest BCUT2D eigenvalue weighted by molar-refractivity contribution is 0.0532. The van der Waals surface area contributed by atoms with Crippen LogP contribution < -0.4 is 10.6 Å². The topological polar surface area (TPSA) is 64.7 Å². The van der Waals surface area contributed by atoms with Crippen LogP contribution in [-0.4, -0.2) is 67.8 Å². The highest BCUT2D eigenvalue weighted by Crippen LogP contribution is 2.21. The monoisotopic (exact) mass is 399 g/mol. The Morgan fingerprint density at radius 1 is 1.31 bits per heavy atom. The van der Waals surface area contributed by atoms with Gasteiger partial charge < -0.3 is 25.3 Å². The highest BCUT2D eigenvalue weighted by atomic mass is 16.5. The Labute approximate surface area is 175 Å². The first kappa shape index (κ1) is 21.7. The lowest BCUT2D eigenvalue weighted by Crippen LogP contribution is -2.49. The van der Waals surface area contributed by atoms with Crippen LogP contribution in [0.5, 0.6) is 0 Å².